The van der Waals surface area contributed by atoms with Gasteiger partial charge in [-0.15, -0.1) is 0 Å². The molecule has 0 aliphatic heterocycles. The topological polar surface area (TPSA) is 9.23 Å². The summed E-state index contributed by atoms with van der Waals surface area (Å²) in [4.78, 5) is 0. The van der Waals surface area contributed by atoms with E-state index in [2.05, 4.69) is 26.8 Å². The Morgan fingerprint density at radius 3 is 2.61 bits per heavy atom. The highest BCUT2D eigenvalue weighted by atomic mass is 16.5. The van der Waals surface area contributed by atoms with Gasteiger partial charge in [0.05, 0.1) is 6.61 Å². The molecule has 1 aliphatic rings. The van der Waals surface area contributed by atoms with E-state index in [9.17, 15) is 0 Å². The molecule has 0 saturated heterocycles. The van der Waals surface area contributed by atoms with Gasteiger partial charge in [0.25, 0.3) is 0 Å². The van der Waals surface area contributed by atoms with Crippen molar-refractivity contribution in [3.05, 3.63) is 42.0 Å². The van der Waals surface area contributed by atoms with Crippen molar-refractivity contribution in [1.29, 1.82) is 0 Å². The zero-order valence-electron chi connectivity index (χ0n) is 15.3. The van der Waals surface area contributed by atoms with Crippen LogP contribution in [0.5, 0.6) is 5.75 Å². The first-order valence-corrected chi connectivity index (χ1v) is 9.55. The normalized spacial score (nSPS) is 20.7. The van der Waals surface area contributed by atoms with Gasteiger partial charge in [-0.3, -0.25) is 0 Å². The Bertz CT molecular complexity index is 462. The molecule has 3 atom stereocenters. The maximum absolute atomic E-state index is 5.80. The largest absolute Gasteiger partial charge is 0.494 e. The summed E-state index contributed by atoms with van der Waals surface area (Å²) in [6.07, 6.45) is 11.7. The molecule has 0 radical (unpaired) electrons. The van der Waals surface area contributed by atoms with Gasteiger partial charge in [-0.2, -0.15) is 0 Å². The third-order valence-corrected chi connectivity index (χ3v) is 5.41. The van der Waals surface area contributed by atoms with Crippen LogP contribution < -0.4 is 4.74 Å². The first-order valence-electron chi connectivity index (χ1n) is 9.55. The third kappa shape index (κ3) is 6.41. The van der Waals surface area contributed by atoms with Crippen LogP contribution in [0.15, 0.2) is 42.0 Å². The van der Waals surface area contributed by atoms with Crippen molar-refractivity contribution in [3.8, 4) is 5.75 Å². The van der Waals surface area contributed by atoms with E-state index < -0.39 is 0 Å². The molecule has 0 aromatic heterocycles. The van der Waals surface area contributed by atoms with Crippen molar-refractivity contribution in [2.45, 2.75) is 65.7 Å². The Balaban J connectivity index is 1.65. The van der Waals surface area contributed by atoms with Gasteiger partial charge in [-0.25, -0.2) is 0 Å². The SMILES string of the molecule is CCC(C)CC1CC=C(C(C)CCCOc2ccccc2)CC1. The van der Waals surface area contributed by atoms with Gasteiger partial charge in [0.2, 0.25) is 0 Å². The summed E-state index contributed by atoms with van der Waals surface area (Å²) in [6, 6.07) is 10.1. The van der Waals surface area contributed by atoms with E-state index in [4.69, 9.17) is 4.74 Å². The Hall–Kier alpha value is -1.24. The predicted molar refractivity (Wildman–Crippen MR) is 99.8 cm³/mol. The Morgan fingerprint density at radius 1 is 1.17 bits per heavy atom. The summed E-state index contributed by atoms with van der Waals surface area (Å²) in [7, 11) is 0. The summed E-state index contributed by atoms with van der Waals surface area (Å²) >= 11 is 0. The molecule has 0 bridgehead atoms. The van der Waals surface area contributed by atoms with Crippen molar-refractivity contribution in [3.63, 3.8) is 0 Å². The van der Waals surface area contributed by atoms with Gasteiger partial charge in [-0.1, -0.05) is 57.0 Å². The maximum atomic E-state index is 5.80. The minimum absolute atomic E-state index is 0.721. The second-order valence-corrected chi connectivity index (χ2v) is 7.37. The summed E-state index contributed by atoms with van der Waals surface area (Å²) in [5.74, 6) is 3.54. The van der Waals surface area contributed by atoms with Crippen molar-refractivity contribution in [2.24, 2.45) is 17.8 Å². The average Bonchev–Trinajstić information content (AvgIpc) is 2.60. The average molecular weight is 315 g/mol. The van der Waals surface area contributed by atoms with Gasteiger partial charge in [-0.05, 0) is 68.4 Å². The highest BCUT2D eigenvalue weighted by Crippen LogP contribution is 2.33. The molecule has 1 aromatic carbocycles. The Kier molecular flexibility index (Phi) is 7.71. The number of hydrogen-bond donors (Lipinski definition) is 0. The molecule has 128 valence electrons. The van der Waals surface area contributed by atoms with Crippen molar-refractivity contribution >= 4 is 0 Å². The molecule has 2 rings (SSSR count). The number of rotatable bonds is 9. The van der Waals surface area contributed by atoms with Crippen LogP contribution in [-0.4, -0.2) is 6.61 Å². The van der Waals surface area contributed by atoms with E-state index in [-0.39, 0.29) is 0 Å². The lowest BCUT2D eigenvalue weighted by Gasteiger charge is -2.27. The fourth-order valence-electron chi connectivity index (χ4n) is 3.59. The van der Waals surface area contributed by atoms with Gasteiger partial charge in [0, 0.05) is 0 Å². The molecule has 23 heavy (non-hydrogen) atoms. The number of para-hydroxylation sites is 1. The molecular formula is C22H34O. The molecule has 1 aliphatic carbocycles. The monoisotopic (exact) mass is 314 g/mol. The second kappa shape index (κ2) is 9.80. The van der Waals surface area contributed by atoms with Gasteiger partial charge < -0.3 is 4.74 Å². The van der Waals surface area contributed by atoms with Crippen LogP contribution in [0.4, 0.5) is 0 Å². The van der Waals surface area contributed by atoms with Crippen molar-refractivity contribution in [2.75, 3.05) is 6.61 Å². The van der Waals surface area contributed by atoms with Crippen LogP contribution in [0, 0.1) is 17.8 Å². The smallest absolute Gasteiger partial charge is 0.119 e. The highest BCUT2D eigenvalue weighted by Gasteiger charge is 2.19. The minimum atomic E-state index is 0.721. The van der Waals surface area contributed by atoms with E-state index in [1.165, 1.54) is 38.5 Å². The number of allylic oxidation sites excluding steroid dienone is 2. The predicted octanol–water partition coefficient (Wildman–Crippen LogP) is 6.64. The van der Waals surface area contributed by atoms with Gasteiger partial charge in [0.1, 0.15) is 5.75 Å². The van der Waals surface area contributed by atoms with Crippen LogP contribution in [-0.2, 0) is 0 Å². The molecule has 1 aromatic rings. The van der Waals surface area contributed by atoms with Crippen LogP contribution in [0.25, 0.3) is 0 Å². The fraction of sp³-hybridized carbons (Fsp3) is 0.636. The number of ether oxygens (including phenoxy) is 1. The summed E-state index contributed by atoms with van der Waals surface area (Å²) in [5.41, 5.74) is 1.70. The molecule has 0 N–H and O–H groups in total. The molecule has 1 nitrogen and oxygen atoms in total. The first kappa shape index (κ1) is 18.1. The van der Waals surface area contributed by atoms with Crippen LogP contribution >= 0.6 is 0 Å². The quantitative estimate of drug-likeness (QED) is 0.366. The zero-order valence-corrected chi connectivity index (χ0v) is 15.3. The molecule has 0 saturated carbocycles. The molecule has 0 amide bonds. The van der Waals surface area contributed by atoms with Crippen LogP contribution in [0.1, 0.15) is 65.7 Å². The molecule has 0 fully saturated rings. The van der Waals surface area contributed by atoms with Gasteiger partial charge in [0.15, 0.2) is 0 Å². The molecule has 0 heterocycles. The lowest BCUT2D eigenvalue weighted by molar-refractivity contribution is 0.296. The zero-order chi connectivity index (χ0) is 16.5. The minimum Gasteiger partial charge on any atom is -0.494 e. The third-order valence-electron chi connectivity index (χ3n) is 5.41. The Labute approximate surface area is 143 Å². The van der Waals surface area contributed by atoms with E-state index in [1.54, 1.807) is 5.57 Å². The molecular weight excluding hydrogens is 280 g/mol. The molecule has 3 unspecified atom stereocenters. The highest BCUT2D eigenvalue weighted by molar-refractivity contribution is 5.20. The van der Waals surface area contributed by atoms with E-state index in [1.807, 2.05) is 30.3 Å². The first-order chi connectivity index (χ1) is 11.2. The van der Waals surface area contributed by atoms with Crippen molar-refractivity contribution in [1.82, 2.24) is 0 Å². The summed E-state index contributed by atoms with van der Waals surface area (Å²) in [6.45, 7) is 7.94. The number of hydrogen-bond acceptors (Lipinski definition) is 1. The van der Waals surface area contributed by atoms with E-state index in [0.717, 1.165) is 36.5 Å². The summed E-state index contributed by atoms with van der Waals surface area (Å²) in [5, 5.41) is 0. The standard InChI is InChI=1S/C22H34O/c1-4-18(2)17-20-12-14-21(15-13-20)19(3)9-8-16-23-22-10-6-5-7-11-22/h5-7,10-11,14,18-20H,4,8-9,12-13,15-17H2,1-3H3. The summed E-state index contributed by atoms with van der Waals surface area (Å²) < 4.78 is 5.80. The second-order valence-electron chi connectivity index (χ2n) is 7.37. The van der Waals surface area contributed by atoms with Gasteiger partial charge >= 0.3 is 0 Å². The lowest BCUT2D eigenvalue weighted by Crippen LogP contribution is -2.13. The lowest BCUT2D eigenvalue weighted by atomic mass is 9.79. The Morgan fingerprint density at radius 2 is 1.96 bits per heavy atom. The molecule has 0 spiro atoms. The maximum Gasteiger partial charge on any atom is 0.119 e. The molecule has 1 heteroatoms. The van der Waals surface area contributed by atoms with E-state index >= 15 is 0 Å². The van der Waals surface area contributed by atoms with E-state index in [0.29, 0.717) is 0 Å². The van der Waals surface area contributed by atoms with Crippen LogP contribution in [0.3, 0.4) is 0 Å². The number of benzene rings is 1. The van der Waals surface area contributed by atoms with Crippen molar-refractivity contribution < 1.29 is 4.74 Å². The fourth-order valence-corrected chi connectivity index (χ4v) is 3.59. The van der Waals surface area contributed by atoms with Crippen LogP contribution in [0.2, 0.25) is 0 Å².